The van der Waals surface area contributed by atoms with Gasteiger partial charge >= 0.3 is 0 Å². The van der Waals surface area contributed by atoms with Crippen LogP contribution in [0.25, 0.3) is 0 Å². The standard InChI is InChI=1S/C10H12ClNO/c11-9-2-3-10(13)8(6-9)7-12-4-1-5-12/h2-3,6,13H,1,4-5,7H2. The maximum absolute atomic E-state index is 9.52. The summed E-state index contributed by atoms with van der Waals surface area (Å²) in [6.07, 6.45) is 1.27. The summed E-state index contributed by atoms with van der Waals surface area (Å²) in [5.74, 6) is 0.344. The molecule has 1 fully saturated rings. The van der Waals surface area contributed by atoms with Crippen molar-refractivity contribution in [2.45, 2.75) is 13.0 Å². The molecule has 0 atom stereocenters. The van der Waals surface area contributed by atoms with Crippen LogP contribution in [0.2, 0.25) is 5.02 Å². The van der Waals surface area contributed by atoms with E-state index < -0.39 is 0 Å². The third kappa shape index (κ3) is 1.95. The number of rotatable bonds is 2. The first-order chi connectivity index (χ1) is 6.25. The van der Waals surface area contributed by atoms with Gasteiger partial charge in [-0.2, -0.15) is 0 Å². The Hall–Kier alpha value is -0.730. The summed E-state index contributed by atoms with van der Waals surface area (Å²) in [4.78, 5) is 2.28. The third-order valence-corrected chi connectivity index (χ3v) is 2.62. The number of aromatic hydroxyl groups is 1. The highest BCUT2D eigenvalue weighted by Gasteiger charge is 2.15. The van der Waals surface area contributed by atoms with E-state index in [2.05, 4.69) is 4.90 Å². The molecule has 0 spiro atoms. The molecule has 0 radical (unpaired) electrons. The highest BCUT2D eigenvalue weighted by atomic mass is 35.5. The first kappa shape index (κ1) is 8.85. The van der Waals surface area contributed by atoms with Crippen LogP contribution in [-0.2, 0) is 6.54 Å². The predicted molar refractivity (Wildman–Crippen MR) is 53.0 cm³/mol. The molecule has 0 bridgehead atoms. The summed E-state index contributed by atoms with van der Waals surface area (Å²) in [7, 11) is 0. The number of halogens is 1. The van der Waals surface area contributed by atoms with Crippen LogP contribution >= 0.6 is 11.6 Å². The van der Waals surface area contributed by atoms with Gasteiger partial charge in [0.2, 0.25) is 0 Å². The Morgan fingerprint density at radius 3 is 2.77 bits per heavy atom. The molecule has 2 rings (SSSR count). The number of hydrogen-bond acceptors (Lipinski definition) is 2. The zero-order valence-electron chi connectivity index (χ0n) is 7.33. The fourth-order valence-electron chi connectivity index (χ4n) is 1.46. The second kappa shape index (κ2) is 3.56. The van der Waals surface area contributed by atoms with Gasteiger partial charge in [-0.1, -0.05) is 11.6 Å². The summed E-state index contributed by atoms with van der Waals surface area (Å²) >= 11 is 5.83. The van der Waals surface area contributed by atoms with E-state index in [4.69, 9.17) is 11.6 Å². The smallest absolute Gasteiger partial charge is 0.120 e. The molecule has 3 heteroatoms. The van der Waals surface area contributed by atoms with E-state index in [9.17, 15) is 5.11 Å². The van der Waals surface area contributed by atoms with E-state index in [1.54, 1.807) is 12.1 Å². The predicted octanol–water partition coefficient (Wildman–Crippen LogP) is 2.25. The lowest BCUT2D eigenvalue weighted by Gasteiger charge is -2.30. The molecule has 1 N–H and O–H groups in total. The topological polar surface area (TPSA) is 23.5 Å². The van der Waals surface area contributed by atoms with Gasteiger partial charge in [-0.25, -0.2) is 0 Å². The molecule has 1 aliphatic rings. The Bertz CT molecular complexity index is 310. The molecule has 1 aliphatic heterocycles. The second-order valence-electron chi connectivity index (χ2n) is 3.40. The Morgan fingerprint density at radius 2 is 2.15 bits per heavy atom. The second-order valence-corrected chi connectivity index (χ2v) is 3.84. The highest BCUT2D eigenvalue weighted by Crippen LogP contribution is 2.24. The third-order valence-electron chi connectivity index (χ3n) is 2.38. The van der Waals surface area contributed by atoms with Crippen molar-refractivity contribution < 1.29 is 5.11 Å². The Kier molecular flexibility index (Phi) is 2.42. The van der Waals surface area contributed by atoms with E-state index in [1.165, 1.54) is 6.42 Å². The van der Waals surface area contributed by atoms with E-state index in [0.717, 1.165) is 25.2 Å². The molecule has 1 heterocycles. The lowest BCUT2D eigenvalue weighted by atomic mass is 10.1. The van der Waals surface area contributed by atoms with Crippen LogP contribution in [0.4, 0.5) is 0 Å². The van der Waals surface area contributed by atoms with Crippen LogP contribution in [0, 0.1) is 0 Å². The summed E-state index contributed by atoms with van der Waals surface area (Å²) in [5.41, 5.74) is 0.923. The number of likely N-dealkylation sites (tertiary alicyclic amines) is 1. The van der Waals surface area contributed by atoms with Crippen molar-refractivity contribution in [3.63, 3.8) is 0 Å². The number of hydrogen-bond donors (Lipinski definition) is 1. The molecule has 0 aromatic heterocycles. The summed E-state index contributed by atoms with van der Waals surface area (Å²) in [6.45, 7) is 3.07. The minimum atomic E-state index is 0.344. The maximum Gasteiger partial charge on any atom is 0.120 e. The molecular formula is C10H12ClNO. The molecule has 0 aliphatic carbocycles. The van der Waals surface area contributed by atoms with Crippen molar-refractivity contribution in [3.8, 4) is 5.75 Å². The average molecular weight is 198 g/mol. The fourth-order valence-corrected chi connectivity index (χ4v) is 1.66. The number of phenolic OH excluding ortho intramolecular Hbond substituents is 1. The quantitative estimate of drug-likeness (QED) is 0.786. The molecule has 13 heavy (non-hydrogen) atoms. The number of benzene rings is 1. The normalized spacial score (nSPS) is 17.0. The average Bonchev–Trinajstić information content (AvgIpc) is 2.03. The van der Waals surface area contributed by atoms with Gasteiger partial charge in [0.05, 0.1) is 0 Å². The Morgan fingerprint density at radius 1 is 1.38 bits per heavy atom. The van der Waals surface area contributed by atoms with Crippen LogP contribution in [-0.4, -0.2) is 23.1 Å². The summed E-state index contributed by atoms with van der Waals surface area (Å²) < 4.78 is 0. The molecule has 70 valence electrons. The molecule has 2 nitrogen and oxygen atoms in total. The van der Waals surface area contributed by atoms with Crippen LogP contribution in [0.15, 0.2) is 18.2 Å². The van der Waals surface area contributed by atoms with Gasteiger partial charge in [-0.15, -0.1) is 0 Å². The molecular weight excluding hydrogens is 186 g/mol. The zero-order valence-corrected chi connectivity index (χ0v) is 8.09. The van der Waals surface area contributed by atoms with Crippen LogP contribution < -0.4 is 0 Å². The van der Waals surface area contributed by atoms with Crippen molar-refractivity contribution in [3.05, 3.63) is 28.8 Å². The SMILES string of the molecule is Oc1ccc(Cl)cc1CN1CCC1. The van der Waals surface area contributed by atoms with Crippen molar-refractivity contribution in [2.24, 2.45) is 0 Å². The fraction of sp³-hybridized carbons (Fsp3) is 0.400. The lowest BCUT2D eigenvalue weighted by Crippen LogP contribution is -2.36. The Balaban J connectivity index is 2.13. The van der Waals surface area contributed by atoms with E-state index in [1.807, 2.05) is 6.07 Å². The Labute approximate surface area is 82.7 Å². The van der Waals surface area contributed by atoms with Crippen molar-refractivity contribution >= 4 is 11.6 Å². The van der Waals surface area contributed by atoms with Crippen molar-refractivity contribution in [1.29, 1.82) is 0 Å². The van der Waals surface area contributed by atoms with Gasteiger partial charge in [0.25, 0.3) is 0 Å². The molecule has 1 aromatic carbocycles. The van der Waals surface area contributed by atoms with Crippen molar-refractivity contribution in [1.82, 2.24) is 4.90 Å². The maximum atomic E-state index is 9.52. The van der Waals surface area contributed by atoms with E-state index >= 15 is 0 Å². The first-order valence-corrected chi connectivity index (χ1v) is 4.83. The minimum Gasteiger partial charge on any atom is -0.508 e. The van der Waals surface area contributed by atoms with Crippen LogP contribution in [0.5, 0.6) is 5.75 Å². The molecule has 1 saturated heterocycles. The number of nitrogens with zero attached hydrogens (tertiary/aromatic N) is 1. The van der Waals surface area contributed by atoms with Gasteiger partial charge < -0.3 is 5.11 Å². The van der Waals surface area contributed by atoms with Gasteiger partial charge in [0.1, 0.15) is 5.75 Å². The van der Waals surface area contributed by atoms with Gasteiger partial charge in [-0.3, -0.25) is 4.90 Å². The lowest BCUT2D eigenvalue weighted by molar-refractivity contribution is 0.171. The van der Waals surface area contributed by atoms with E-state index in [0.29, 0.717) is 10.8 Å². The van der Waals surface area contributed by atoms with Gasteiger partial charge in [-0.05, 0) is 37.7 Å². The molecule has 0 saturated carbocycles. The summed E-state index contributed by atoms with van der Waals surface area (Å²) in [5, 5.41) is 10.2. The highest BCUT2D eigenvalue weighted by molar-refractivity contribution is 6.30. The zero-order chi connectivity index (χ0) is 9.26. The molecule has 0 amide bonds. The van der Waals surface area contributed by atoms with E-state index in [-0.39, 0.29) is 0 Å². The van der Waals surface area contributed by atoms with Gasteiger partial charge in [0, 0.05) is 17.1 Å². The monoisotopic (exact) mass is 197 g/mol. The van der Waals surface area contributed by atoms with Crippen molar-refractivity contribution in [2.75, 3.05) is 13.1 Å². The summed E-state index contributed by atoms with van der Waals surface area (Å²) in [6, 6.07) is 5.18. The molecule has 1 aromatic rings. The van der Waals surface area contributed by atoms with Crippen LogP contribution in [0.1, 0.15) is 12.0 Å². The van der Waals surface area contributed by atoms with Crippen LogP contribution in [0.3, 0.4) is 0 Å². The first-order valence-electron chi connectivity index (χ1n) is 4.45. The largest absolute Gasteiger partial charge is 0.508 e. The van der Waals surface area contributed by atoms with Gasteiger partial charge in [0.15, 0.2) is 0 Å². The number of phenols is 1. The molecule has 0 unspecified atom stereocenters. The minimum absolute atomic E-state index is 0.344.